The number of esters is 1. The number of rotatable bonds is 7. The van der Waals surface area contributed by atoms with Crippen molar-refractivity contribution in [2.24, 2.45) is 0 Å². The van der Waals surface area contributed by atoms with Gasteiger partial charge in [-0.05, 0) is 61.9 Å². The van der Waals surface area contributed by atoms with E-state index < -0.39 is 5.97 Å². The Balaban J connectivity index is 1.38. The van der Waals surface area contributed by atoms with Crippen molar-refractivity contribution >= 4 is 23.5 Å². The zero-order chi connectivity index (χ0) is 20.9. The first-order chi connectivity index (χ1) is 14.6. The fraction of sp³-hybridized carbons (Fsp3) is 0.304. The molecule has 4 rings (SSSR count). The van der Waals surface area contributed by atoms with E-state index >= 15 is 0 Å². The Hall–Kier alpha value is -2.93. The largest absolute Gasteiger partial charge is 0.454 e. The number of carbonyl (C=O) groups excluding carboxylic acids is 2. The molecule has 1 aromatic heterocycles. The van der Waals surface area contributed by atoms with Crippen molar-refractivity contribution in [1.29, 1.82) is 0 Å². The molecule has 0 N–H and O–H groups in total. The lowest BCUT2D eigenvalue weighted by atomic mass is 9.90. The molecule has 0 radical (unpaired) electrons. The van der Waals surface area contributed by atoms with Crippen LogP contribution in [0.15, 0.2) is 51.9 Å². The molecule has 30 heavy (non-hydrogen) atoms. The van der Waals surface area contributed by atoms with Crippen molar-refractivity contribution in [1.82, 2.24) is 10.1 Å². The number of thioether (sulfide) groups is 1. The van der Waals surface area contributed by atoms with Crippen molar-refractivity contribution in [3.63, 3.8) is 0 Å². The maximum absolute atomic E-state index is 12.6. The molecule has 0 saturated heterocycles. The van der Waals surface area contributed by atoms with Crippen LogP contribution in [0.2, 0.25) is 0 Å². The van der Waals surface area contributed by atoms with Gasteiger partial charge in [-0.25, -0.2) is 4.79 Å². The highest BCUT2D eigenvalue weighted by molar-refractivity contribution is 7.98. The SMILES string of the molecule is Cc1noc(CSc2ccccc2C(=O)OCC(=O)c2ccc3c(c2)CCCC3)n1. The number of hydrogen-bond donors (Lipinski definition) is 0. The quantitative estimate of drug-likeness (QED) is 0.313. The van der Waals surface area contributed by atoms with Gasteiger partial charge in [0.15, 0.2) is 18.2 Å². The minimum Gasteiger partial charge on any atom is -0.454 e. The van der Waals surface area contributed by atoms with Crippen LogP contribution >= 0.6 is 11.8 Å². The number of nitrogens with zero attached hydrogens (tertiary/aromatic N) is 2. The van der Waals surface area contributed by atoms with Crippen LogP contribution < -0.4 is 0 Å². The first-order valence-corrected chi connectivity index (χ1v) is 10.9. The van der Waals surface area contributed by atoms with E-state index in [1.165, 1.54) is 29.3 Å². The number of ether oxygens (including phenoxy) is 1. The van der Waals surface area contributed by atoms with Crippen molar-refractivity contribution in [3.05, 3.63) is 76.4 Å². The summed E-state index contributed by atoms with van der Waals surface area (Å²) >= 11 is 1.41. The highest BCUT2D eigenvalue weighted by Crippen LogP contribution is 2.27. The van der Waals surface area contributed by atoms with E-state index in [0.29, 0.717) is 28.6 Å². The molecule has 0 amide bonds. The molecule has 6 nitrogen and oxygen atoms in total. The lowest BCUT2D eigenvalue weighted by Crippen LogP contribution is -2.15. The summed E-state index contributed by atoms with van der Waals surface area (Å²) in [5.41, 5.74) is 3.56. The van der Waals surface area contributed by atoms with Crippen LogP contribution in [0.25, 0.3) is 0 Å². The molecular weight excluding hydrogens is 400 g/mol. The molecule has 0 bridgehead atoms. The summed E-state index contributed by atoms with van der Waals surface area (Å²) in [5, 5.41) is 3.76. The van der Waals surface area contributed by atoms with Crippen molar-refractivity contribution in [2.45, 2.75) is 43.3 Å². The Morgan fingerprint density at radius 3 is 2.70 bits per heavy atom. The van der Waals surface area contributed by atoms with Gasteiger partial charge in [-0.15, -0.1) is 11.8 Å². The van der Waals surface area contributed by atoms with Crippen LogP contribution in [0.4, 0.5) is 0 Å². The minimum atomic E-state index is -0.522. The third-order valence-electron chi connectivity index (χ3n) is 5.03. The van der Waals surface area contributed by atoms with Gasteiger partial charge in [-0.2, -0.15) is 4.98 Å². The number of aryl methyl sites for hydroxylation is 3. The van der Waals surface area contributed by atoms with Gasteiger partial charge in [0.05, 0.1) is 11.3 Å². The average molecular weight is 423 g/mol. The Morgan fingerprint density at radius 2 is 1.90 bits per heavy atom. The number of aromatic nitrogens is 2. The van der Waals surface area contributed by atoms with Crippen LogP contribution in [-0.2, 0) is 23.3 Å². The molecule has 3 aromatic rings. The minimum absolute atomic E-state index is 0.191. The molecule has 0 fully saturated rings. The number of fused-ring (bicyclic) bond motifs is 1. The molecular formula is C23H22N2O4S. The summed E-state index contributed by atoms with van der Waals surface area (Å²) in [6, 6.07) is 12.9. The molecule has 2 aromatic carbocycles. The Morgan fingerprint density at radius 1 is 1.10 bits per heavy atom. The second kappa shape index (κ2) is 9.26. The highest BCUT2D eigenvalue weighted by Gasteiger charge is 2.18. The molecule has 7 heteroatoms. The van der Waals surface area contributed by atoms with Crippen LogP contribution in [0.3, 0.4) is 0 Å². The summed E-state index contributed by atoms with van der Waals surface area (Å²) in [4.78, 5) is 30.1. The van der Waals surface area contributed by atoms with E-state index in [1.807, 2.05) is 30.3 Å². The lowest BCUT2D eigenvalue weighted by Gasteiger charge is -2.16. The van der Waals surface area contributed by atoms with Gasteiger partial charge in [0.25, 0.3) is 0 Å². The van der Waals surface area contributed by atoms with Crippen molar-refractivity contribution < 1.29 is 18.8 Å². The first kappa shape index (κ1) is 20.3. The molecule has 1 heterocycles. The molecule has 0 aliphatic heterocycles. The molecule has 0 saturated carbocycles. The Kier molecular flexibility index (Phi) is 6.28. The monoisotopic (exact) mass is 422 g/mol. The molecule has 0 spiro atoms. The second-order valence-electron chi connectivity index (χ2n) is 7.21. The van der Waals surface area contributed by atoms with Crippen LogP contribution in [0.1, 0.15) is 56.4 Å². The van der Waals surface area contributed by atoms with Gasteiger partial charge in [0.2, 0.25) is 5.89 Å². The highest BCUT2D eigenvalue weighted by atomic mass is 32.2. The smallest absolute Gasteiger partial charge is 0.339 e. The van der Waals surface area contributed by atoms with Crippen LogP contribution in [0, 0.1) is 6.92 Å². The summed E-state index contributed by atoms with van der Waals surface area (Å²) in [6.45, 7) is 1.47. The normalized spacial score (nSPS) is 13.0. The zero-order valence-corrected chi connectivity index (χ0v) is 17.5. The van der Waals surface area contributed by atoms with E-state index in [1.54, 1.807) is 19.1 Å². The summed E-state index contributed by atoms with van der Waals surface area (Å²) in [6.07, 6.45) is 4.41. The van der Waals surface area contributed by atoms with Gasteiger partial charge in [-0.3, -0.25) is 4.79 Å². The fourth-order valence-corrected chi connectivity index (χ4v) is 4.38. The van der Waals surface area contributed by atoms with Gasteiger partial charge >= 0.3 is 5.97 Å². The standard InChI is InChI=1S/C23H22N2O4S/c1-15-24-22(29-25-15)14-30-21-9-5-4-8-19(21)23(27)28-13-20(26)18-11-10-16-6-2-3-7-17(16)12-18/h4-5,8-12H,2-3,6-7,13-14H2,1H3. The predicted molar refractivity (Wildman–Crippen MR) is 113 cm³/mol. The average Bonchev–Trinajstić information content (AvgIpc) is 3.20. The summed E-state index contributed by atoms with van der Waals surface area (Å²) in [7, 11) is 0. The van der Waals surface area contributed by atoms with Crippen molar-refractivity contribution in [3.8, 4) is 0 Å². The predicted octanol–water partition coefficient (Wildman–Crippen LogP) is 4.59. The van der Waals surface area contributed by atoms with Crippen LogP contribution in [-0.4, -0.2) is 28.5 Å². The molecule has 1 aliphatic rings. The second-order valence-corrected chi connectivity index (χ2v) is 8.23. The lowest BCUT2D eigenvalue weighted by molar-refractivity contribution is 0.0471. The van der Waals surface area contributed by atoms with Gasteiger partial charge < -0.3 is 9.26 Å². The van der Waals surface area contributed by atoms with Gasteiger partial charge in [-0.1, -0.05) is 29.4 Å². The molecule has 154 valence electrons. The first-order valence-electron chi connectivity index (χ1n) is 9.93. The molecule has 0 atom stereocenters. The summed E-state index contributed by atoms with van der Waals surface area (Å²) < 4.78 is 10.4. The zero-order valence-electron chi connectivity index (χ0n) is 16.7. The number of Topliss-reactive ketones (excluding diaryl/α,β-unsaturated/α-hetero) is 1. The number of ketones is 1. The maximum Gasteiger partial charge on any atom is 0.339 e. The topological polar surface area (TPSA) is 82.3 Å². The molecule has 1 aliphatic carbocycles. The number of carbonyl (C=O) groups is 2. The van der Waals surface area contributed by atoms with Gasteiger partial charge in [0.1, 0.15) is 0 Å². The van der Waals surface area contributed by atoms with E-state index in [2.05, 4.69) is 10.1 Å². The summed E-state index contributed by atoms with van der Waals surface area (Å²) in [5.74, 6) is 0.788. The van der Waals surface area contributed by atoms with Crippen molar-refractivity contribution in [2.75, 3.05) is 6.61 Å². The van der Waals surface area contributed by atoms with Crippen LogP contribution in [0.5, 0.6) is 0 Å². The van der Waals surface area contributed by atoms with E-state index in [0.717, 1.165) is 24.2 Å². The van der Waals surface area contributed by atoms with E-state index in [4.69, 9.17) is 9.26 Å². The third-order valence-corrected chi connectivity index (χ3v) is 6.09. The number of benzene rings is 2. The van der Waals surface area contributed by atoms with Gasteiger partial charge in [0, 0.05) is 10.5 Å². The Labute approximate surface area is 179 Å². The third kappa shape index (κ3) is 4.79. The number of hydrogen-bond acceptors (Lipinski definition) is 7. The Bertz CT molecular complexity index is 1080. The fourth-order valence-electron chi connectivity index (χ4n) is 3.50. The van der Waals surface area contributed by atoms with E-state index in [9.17, 15) is 9.59 Å². The van der Waals surface area contributed by atoms with E-state index in [-0.39, 0.29) is 12.4 Å². The maximum atomic E-state index is 12.6. The molecule has 0 unspecified atom stereocenters.